The zero-order valence-corrected chi connectivity index (χ0v) is 19.3. The molecule has 0 unspecified atom stereocenters. The van der Waals surface area contributed by atoms with Crippen molar-refractivity contribution < 1.29 is 9.90 Å². The van der Waals surface area contributed by atoms with Gasteiger partial charge in [-0.3, -0.25) is 4.99 Å². The fourth-order valence-corrected chi connectivity index (χ4v) is 6.94. The van der Waals surface area contributed by atoms with Gasteiger partial charge in [-0.1, -0.05) is 30.3 Å². The van der Waals surface area contributed by atoms with Crippen LogP contribution in [0.15, 0.2) is 59.6 Å². The van der Waals surface area contributed by atoms with Gasteiger partial charge in [0.15, 0.2) is 5.96 Å². The van der Waals surface area contributed by atoms with Gasteiger partial charge in [0.1, 0.15) is 0 Å². The number of benzene rings is 2. The molecule has 5 heteroatoms. The smallest absolute Gasteiger partial charge is 0.335 e. The Labute approximate surface area is 196 Å². The van der Waals surface area contributed by atoms with Crippen molar-refractivity contribution in [3.05, 3.63) is 65.7 Å². The third kappa shape index (κ3) is 5.40. The Hall–Kier alpha value is -2.82. The first-order chi connectivity index (χ1) is 16.1. The molecule has 4 aliphatic rings. The highest BCUT2D eigenvalue weighted by Crippen LogP contribution is 2.61. The van der Waals surface area contributed by atoms with Crippen LogP contribution >= 0.6 is 0 Å². The second-order valence-corrected chi connectivity index (χ2v) is 10.6. The maximum absolute atomic E-state index is 11.2. The summed E-state index contributed by atoms with van der Waals surface area (Å²) in [7, 11) is 0. The molecule has 4 saturated carbocycles. The number of anilines is 1. The first-order valence-electron chi connectivity index (χ1n) is 12.5. The highest BCUT2D eigenvalue weighted by atomic mass is 16.4. The summed E-state index contributed by atoms with van der Waals surface area (Å²) in [4.78, 5) is 16.1. The molecule has 2 aromatic carbocycles. The van der Waals surface area contributed by atoms with E-state index in [1.54, 1.807) is 24.3 Å². The minimum atomic E-state index is -0.910. The number of nitrogens with zero attached hydrogens (tertiary/aromatic N) is 1. The molecule has 6 rings (SSSR count). The molecule has 0 aliphatic heterocycles. The molecule has 0 heterocycles. The topological polar surface area (TPSA) is 73.7 Å². The predicted molar refractivity (Wildman–Crippen MR) is 133 cm³/mol. The third-order valence-corrected chi connectivity index (χ3v) is 8.02. The van der Waals surface area contributed by atoms with Crippen molar-refractivity contribution in [2.24, 2.45) is 28.2 Å². The van der Waals surface area contributed by atoms with Crippen molar-refractivity contribution in [2.45, 2.75) is 51.4 Å². The summed E-state index contributed by atoms with van der Waals surface area (Å²) < 4.78 is 0. The van der Waals surface area contributed by atoms with Gasteiger partial charge in [-0.2, -0.15) is 0 Å². The molecule has 5 nitrogen and oxygen atoms in total. The van der Waals surface area contributed by atoms with Crippen LogP contribution in [0.1, 0.15) is 60.9 Å². The number of hydrogen-bond donors (Lipinski definition) is 3. The summed E-state index contributed by atoms with van der Waals surface area (Å²) in [5, 5.41) is 16.0. The number of carboxylic acid groups (broad SMARTS) is 1. The van der Waals surface area contributed by atoms with Crippen LogP contribution in [0.4, 0.5) is 5.69 Å². The zero-order valence-electron chi connectivity index (χ0n) is 19.3. The van der Waals surface area contributed by atoms with Gasteiger partial charge in [0.05, 0.1) is 5.56 Å². The molecule has 4 bridgehead atoms. The number of carboxylic acids is 1. The van der Waals surface area contributed by atoms with Crippen LogP contribution in [-0.4, -0.2) is 30.1 Å². The molecule has 174 valence electrons. The first kappa shape index (κ1) is 22.0. The monoisotopic (exact) mass is 445 g/mol. The third-order valence-electron chi connectivity index (χ3n) is 8.02. The maximum Gasteiger partial charge on any atom is 0.335 e. The van der Waals surface area contributed by atoms with Gasteiger partial charge in [-0.05, 0) is 104 Å². The fourth-order valence-electron chi connectivity index (χ4n) is 6.94. The summed E-state index contributed by atoms with van der Waals surface area (Å²) in [6.45, 7) is 1.63. The lowest BCUT2D eigenvalue weighted by atomic mass is 9.49. The second-order valence-electron chi connectivity index (χ2n) is 10.6. The Morgan fingerprint density at radius 3 is 2.18 bits per heavy atom. The maximum atomic E-state index is 11.2. The van der Waals surface area contributed by atoms with E-state index in [9.17, 15) is 4.79 Å². The highest BCUT2D eigenvalue weighted by molar-refractivity contribution is 5.94. The van der Waals surface area contributed by atoms with Gasteiger partial charge in [-0.25, -0.2) is 4.79 Å². The summed E-state index contributed by atoms with van der Waals surface area (Å²) in [6.07, 6.45) is 10.8. The van der Waals surface area contributed by atoms with Gasteiger partial charge < -0.3 is 15.7 Å². The fraction of sp³-hybridized carbons (Fsp3) is 0.500. The number of rotatable bonds is 8. The highest BCUT2D eigenvalue weighted by Gasteiger charge is 2.50. The average Bonchev–Trinajstić information content (AvgIpc) is 2.79. The lowest BCUT2D eigenvalue weighted by Crippen LogP contribution is -2.46. The van der Waals surface area contributed by atoms with Crippen molar-refractivity contribution in [3.63, 3.8) is 0 Å². The van der Waals surface area contributed by atoms with Gasteiger partial charge in [0, 0.05) is 18.8 Å². The van der Waals surface area contributed by atoms with E-state index in [0.29, 0.717) is 5.41 Å². The van der Waals surface area contributed by atoms with Gasteiger partial charge in [0.2, 0.25) is 0 Å². The molecule has 3 N–H and O–H groups in total. The second kappa shape index (κ2) is 9.58. The van der Waals surface area contributed by atoms with E-state index in [1.807, 2.05) is 6.07 Å². The number of aliphatic imine (C=N–C) groups is 1. The molecule has 0 atom stereocenters. The van der Waals surface area contributed by atoms with Gasteiger partial charge in [0.25, 0.3) is 0 Å². The number of aromatic carboxylic acids is 1. The SMILES string of the molecule is O=C(O)c1ccc(NC(=NCCC23CC4CC(CC(C4)C2)C3)NCCc2ccccc2)cc1. The minimum absolute atomic E-state index is 0.290. The number of nitrogens with one attached hydrogen (secondary N) is 2. The van der Waals surface area contributed by atoms with Crippen LogP contribution in [0.5, 0.6) is 0 Å². The predicted octanol–water partition coefficient (Wildman–Crippen LogP) is 5.59. The Balaban J connectivity index is 1.23. The molecule has 33 heavy (non-hydrogen) atoms. The summed E-state index contributed by atoms with van der Waals surface area (Å²) in [6, 6.07) is 17.3. The Morgan fingerprint density at radius 1 is 0.939 bits per heavy atom. The molecule has 4 fully saturated rings. The van der Waals surface area contributed by atoms with Gasteiger partial charge in [-0.15, -0.1) is 0 Å². The van der Waals surface area contributed by atoms with E-state index in [0.717, 1.165) is 48.9 Å². The number of guanidine groups is 1. The molecule has 0 radical (unpaired) electrons. The molecule has 2 aromatic rings. The molecule has 0 spiro atoms. The van der Waals surface area contributed by atoms with Crippen LogP contribution < -0.4 is 10.6 Å². The van der Waals surface area contributed by atoms with Gasteiger partial charge >= 0.3 is 5.97 Å². The van der Waals surface area contributed by atoms with Crippen LogP contribution in [0.2, 0.25) is 0 Å². The Kier molecular flexibility index (Phi) is 6.39. The molecular weight excluding hydrogens is 410 g/mol. The molecule has 0 amide bonds. The largest absolute Gasteiger partial charge is 0.478 e. The van der Waals surface area contributed by atoms with Crippen LogP contribution in [0, 0.1) is 23.2 Å². The number of carbonyl (C=O) groups is 1. The quantitative estimate of drug-likeness (QED) is 0.366. The van der Waals surface area contributed by atoms with Crippen molar-refractivity contribution in [2.75, 3.05) is 18.4 Å². The lowest BCUT2D eigenvalue weighted by molar-refractivity contribution is -0.0556. The average molecular weight is 446 g/mol. The molecular formula is C28H35N3O2. The van der Waals surface area contributed by atoms with Crippen molar-refractivity contribution in [1.82, 2.24) is 5.32 Å². The van der Waals surface area contributed by atoms with Crippen LogP contribution in [-0.2, 0) is 6.42 Å². The van der Waals surface area contributed by atoms with E-state index in [-0.39, 0.29) is 5.56 Å². The van der Waals surface area contributed by atoms with Crippen molar-refractivity contribution in [1.29, 1.82) is 0 Å². The molecule has 0 aromatic heterocycles. The molecule has 4 aliphatic carbocycles. The summed E-state index contributed by atoms with van der Waals surface area (Å²) in [5.74, 6) is 2.77. The lowest BCUT2D eigenvalue weighted by Gasteiger charge is -2.57. The Bertz CT molecular complexity index is 949. The van der Waals surface area contributed by atoms with E-state index < -0.39 is 5.97 Å². The zero-order chi connectivity index (χ0) is 22.7. The first-order valence-corrected chi connectivity index (χ1v) is 12.5. The number of hydrogen-bond acceptors (Lipinski definition) is 2. The minimum Gasteiger partial charge on any atom is -0.478 e. The van der Waals surface area contributed by atoms with Crippen LogP contribution in [0.3, 0.4) is 0 Å². The normalized spacial score (nSPS) is 28.0. The summed E-state index contributed by atoms with van der Waals surface area (Å²) in [5.41, 5.74) is 2.96. The standard InChI is InChI=1S/C28H35N3O2/c32-26(33)24-6-8-25(9-7-24)31-27(29-12-10-20-4-2-1-3-5-20)30-13-11-28-17-21-14-22(18-28)16-23(15-21)19-28/h1-9,21-23H,10-19H2,(H,32,33)(H2,29,30,31). The van der Waals surface area contributed by atoms with Crippen LogP contribution in [0.25, 0.3) is 0 Å². The summed E-state index contributed by atoms with van der Waals surface area (Å²) >= 11 is 0. The Morgan fingerprint density at radius 2 is 1.58 bits per heavy atom. The van der Waals surface area contributed by atoms with E-state index in [4.69, 9.17) is 10.1 Å². The van der Waals surface area contributed by atoms with E-state index >= 15 is 0 Å². The molecule has 0 saturated heterocycles. The van der Waals surface area contributed by atoms with E-state index in [2.05, 4.69) is 34.9 Å². The van der Waals surface area contributed by atoms with Crippen molar-refractivity contribution >= 4 is 17.6 Å². The van der Waals surface area contributed by atoms with E-state index in [1.165, 1.54) is 50.5 Å². The van der Waals surface area contributed by atoms with Crippen molar-refractivity contribution in [3.8, 4) is 0 Å².